The highest BCUT2D eigenvalue weighted by Crippen LogP contribution is 2.27. The lowest BCUT2D eigenvalue weighted by Crippen LogP contribution is -2.43. The number of carbonyl (C=O) groups excluding carboxylic acids is 1. The summed E-state index contributed by atoms with van der Waals surface area (Å²) in [6.07, 6.45) is 4.95. The van der Waals surface area contributed by atoms with Crippen molar-refractivity contribution >= 4 is 29.1 Å². The van der Waals surface area contributed by atoms with E-state index in [4.69, 9.17) is 23.2 Å². The fraction of sp³-hybridized carbons (Fsp3) is 0.500. The number of benzene rings is 1. The predicted molar refractivity (Wildman–Crippen MR) is 106 cm³/mol. The highest BCUT2D eigenvalue weighted by atomic mass is 35.5. The Morgan fingerprint density at radius 1 is 1.23 bits per heavy atom. The van der Waals surface area contributed by atoms with Crippen molar-refractivity contribution in [3.63, 3.8) is 0 Å². The molecule has 0 atom stereocenters. The van der Waals surface area contributed by atoms with E-state index in [1.54, 1.807) is 6.07 Å². The smallest absolute Gasteiger partial charge is 0.272 e. The van der Waals surface area contributed by atoms with Crippen LogP contribution in [0.5, 0.6) is 0 Å². The molecule has 2 aromatic rings. The Labute approximate surface area is 164 Å². The maximum Gasteiger partial charge on any atom is 0.272 e. The van der Waals surface area contributed by atoms with E-state index in [-0.39, 0.29) is 11.4 Å². The molecule has 0 saturated carbocycles. The first kappa shape index (κ1) is 19.2. The van der Waals surface area contributed by atoms with Gasteiger partial charge in [0.15, 0.2) is 5.69 Å². The highest BCUT2D eigenvalue weighted by molar-refractivity contribution is 6.42. The van der Waals surface area contributed by atoms with Gasteiger partial charge in [-0.3, -0.25) is 9.48 Å². The number of nitrogens with zero attached hydrogens (tertiary/aromatic N) is 2. The Morgan fingerprint density at radius 2 is 1.96 bits per heavy atom. The second-order valence-corrected chi connectivity index (χ2v) is 8.39. The van der Waals surface area contributed by atoms with Crippen molar-refractivity contribution in [3.05, 3.63) is 50.8 Å². The lowest BCUT2D eigenvalue weighted by Gasteiger charge is -2.24. The van der Waals surface area contributed by atoms with Crippen molar-refractivity contribution < 1.29 is 4.79 Å². The van der Waals surface area contributed by atoms with E-state index in [2.05, 4.69) is 17.3 Å². The molecule has 6 heteroatoms. The van der Waals surface area contributed by atoms with Crippen LogP contribution in [0, 0.1) is 0 Å². The lowest BCUT2D eigenvalue weighted by atomic mass is 9.94. The van der Waals surface area contributed by atoms with E-state index in [9.17, 15) is 4.79 Å². The fourth-order valence-electron chi connectivity index (χ4n) is 3.25. The number of amides is 1. The number of hydrogen-bond donors (Lipinski definition) is 1. The monoisotopic (exact) mass is 393 g/mol. The highest BCUT2D eigenvalue weighted by Gasteiger charge is 2.27. The molecular formula is C20H25Cl2N3O. The van der Waals surface area contributed by atoms with Gasteiger partial charge >= 0.3 is 0 Å². The second-order valence-electron chi connectivity index (χ2n) is 7.58. The van der Waals surface area contributed by atoms with Crippen molar-refractivity contribution in [1.29, 1.82) is 0 Å². The van der Waals surface area contributed by atoms with Gasteiger partial charge in [-0.05, 0) is 63.6 Å². The van der Waals surface area contributed by atoms with Crippen LogP contribution in [0.2, 0.25) is 10.0 Å². The van der Waals surface area contributed by atoms with Crippen molar-refractivity contribution in [1.82, 2.24) is 15.1 Å². The van der Waals surface area contributed by atoms with Crippen molar-refractivity contribution in [2.24, 2.45) is 0 Å². The first-order valence-electron chi connectivity index (χ1n) is 9.15. The summed E-state index contributed by atoms with van der Waals surface area (Å²) in [4.78, 5) is 12.8. The molecule has 0 spiro atoms. The average molecular weight is 394 g/mol. The van der Waals surface area contributed by atoms with E-state index < -0.39 is 0 Å². The van der Waals surface area contributed by atoms with Gasteiger partial charge in [-0.25, -0.2) is 0 Å². The van der Waals surface area contributed by atoms with Gasteiger partial charge in [0.1, 0.15) is 0 Å². The number of hydrogen-bond acceptors (Lipinski definition) is 2. The van der Waals surface area contributed by atoms with Crippen molar-refractivity contribution in [2.45, 2.75) is 65.0 Å². The van der Waals surface area contributed by atoms with Crippen LogP contribution in [0.1, 0.15) is 67.3 Å². The molecule has 1 aliphatic rings. The third-order valence-corrected chi connectivity index (χ3v) is 5.86. The van der Waals surface area contributed by atoms with Crippen LogP contribution >= 0.6 is 23.2 Å². The molecule has 26 heavy (non-hydrogen) atoms. The van der Waals surface area contributed by atoms with E-state index in [0.717, 1.165) is 43.2 Å². The van der Waals surface area contributed by atoms with Crippen LogP contribution in [-0.2, 0) is 19.4 Å². The zero-order valence-electron chi connectivity index (χ0n) is 15.5. The molecule has 140 valence electrons. The molecule has 1 amide bonds. The number of fused-ring (bicyclic) bond motifs is 1. The summed E-state index contributed by atoms with van der Waals surface area (Å²) in [5.41, 5.74) is 3.62. The predicted octanol–water partition coefficient (Wildman–Crippen LogP) is 5.04. The Kier molecular flexibility index (Phi) is 5.64. The average Bonchev–Trinajstić information content (AvgIpc) is 2.97. The van der Waals surface area contributed by atoms with Gasteiger partial charge in [0.25, 0.3) is 5.91 Å². The topological polar surface area (TPSA) is 46.9 Å². The summed E-state index contributed by atoms with van der Waals surface area (Å²) >= 11 is 12.2. The molecule has 0 aliphatic heterocycles. The van der Waals surface area contributed by atoms with E-state index in [1.807, 2.05) is 30.7 Å². The molecule has 1 aromatic heterocycles. The molecule has 4 nitrogen and oxygen atoms in total. The summed E-state index contributed by atoms with van der Waals surface area (Å²) in [6.45, 7) is 6.72. The number of rotatable bonds is 5. The minimum Gasteiger partial charge on any atom is -0.346 e. The van der Waals surface area contributed by atoms with Crippen LogP contribution in [0.4, 0.5) is 0 Å². The quantitative estimate of drug-likeness (QED) is 0.773. The minimum absolute atomic E-state index is 0.0807. The molecule has 1 aliphatic carbocycles. The minimum atomic E-state index is -0.244. The Bertz CT molecular complexity index is 827. The number of carbonyl (C=O) groups is 1. The molecule has 0 radical (unpaired) electrons. The van der Waals surface area contributed by atoms with Crippen LogP contribution in [0.3, 0.4) is 0 Å². The van der Waals surface area contributed by atoms with E-state index in [1.165, 1.54) is 5.69 Å². The molecule has 0 fully saturated rings. The van der Waals surface area contributed by atoms with E-state index >= 15 is 0 Å². The zero-order valence-corrected chi connectivity index (χ0v) is 17.0. The normalized spacial score (nSPS) is 14.2. The van der Waals surface area contributed by atoms with E-state index in [0.29, 0.717) is 22.3 Å². The largest absolute Gasteiger partial charge is 0.346 e. The van der Waals surface area contributed by atoms with Gasteiger partial charge in [-0.2, -0.15) is 5.10 Å². The second kappa shape index (κ2) is 7.61. The van der Waals surface area contributed by atoms with Gasteiger partial charge in [0.2, 0.25) is 0 Å². The van der Waals surface area contributed by atoms with Gasteiger partial charge in [0, 0.05) is 16.8 Å². The first-order chi connectivity index (χ1) is 12.3. The van der Waals surface area contributed by atoms with Gasteiger partial charge in [-0.15, -0.1) is 0 Å². The van der Waals surface area contributed by atoms with Crippen LogP contribution in [0.15, 0.2) is 18.2 Å². The maximum absolute atomic E-state index is 12.8. The number of halogens is 2. The molecule has 1 N–H and O–H groups in total. The summed E-state index contributed by atoms with van der Waals surface area (Å²) in [5.74, 6) is -0.0807. The van der Waals surface area contributed by atoms with Crippen LogP contribution < -0.4 is 5.32 Å². The third-order valence-electron chi connectivity index (χ3n) is 5.12. The van der Waals surface area contributed by atoms with Gasteiger partial charge in [0.05, 0.1) is 16.6 Å². The number of nitrogens with one attached hydrogen (secondary N) is 1. The van der Waals surface area contributed by atoms with Gasteiger partial charge in [-0.1, -0.05) is 36.2 Å². The first-order valence-corrected chi connectivity index (χ1v) is 9.91. The summed E-state index contributed by atoms with van der Waals surface area (Å²) in [5, 5.41) is 8.88. The van der Waals surface area contributed by atoms with Crippen molar-refractivity contribution in [2.75, 3.05) is 0 Å². The van der Waals surface area contributed by atoms with Crippen molar-refractivity contribution in [3.8, 4) is 0 Å². The summed E-state index contributed by atoms with van der Waals surface area (Å²) in [7, 11) is 0. The molecular weight excluding hydrogens is 369 g/mol. The molecule has 0 bridgehead atoms. The third kappa shape index (κ3) is 4.07. The Morgan fingerprint density at radius 3 is 2.65 bits per heavy atom. The van der Waals surface area contributed by atoms with Gasteiger partial charge < -0.3 is 5.32 Å². The van der Waals surface area contributed by atoms with Crippen LogP contribution in [-0.4, -0.2) is 21.2 Å². The molecule has 0 unspecified atom stereocenters. The number of aromatic nitrogens is 2. The zero-order chi connectivity index (χ0) is 18.9. The molecule has 1 aromatic carbocycles. The molecule has 1 heterocycles. The lowest BCUT2D eigenvalue weighted by molar-refractivity contribution is 0.0904. The van der Waals surface area contributed by atoms with Crippen LogP contribution in [0.25, 0.3) is 0 Å². The fourth-order valence-corrected chi connectivity index (χ4v) is 3.57. The molecule has 0 saturated heterocycles. The summed E-state index contributed by atoms with van der Waals surface area (Å²) < 4.78 is 1.96. The molecule has 3 rings (SSSR count). The SMILES string of the molecule is CCC(C)(C)NC(=O)c1nn(Cc2ccc(Cl)c(Cl)c2)c2c1CCCC2. The Hall–Kier alpha value is -1.52. The summed E-state index contributed by atoms with van der Waals surface area (Å²) in [6, 6.07) is 5.61. The standard InChI is InChI=1S/C20H25Cl2N3O/c1-4-20(2,3)23-19(26)18-14-7-5-6-8-17(14)25(24-18)12-13-9-10-15(21)16(22)11-13/h9-11H,4-8,12H2,1-3H3,(H,23,26). The maximum atomic E-state index is 12.8. The Balaban J connectivity index is 1.92.